The van der Waals surface area contributed by atoms with Gasteiger partial charge in [-0.1, -0.05) is 13.8 Å². The summed E-state index contributed by atoms with van der Waals surface area (Å²) < 4.78 is 5.74. The predicted molar refractivity (Wildman–Crippen MR) is 53.3 cm³/mol. The molecule has 0 aromatic rings. The SMILES string of the molecule is CC1=C(C)OC2(CC(C)(C)C2)C(=O)N1. The molecule has 0 saturated heterocycles. The smallest absolute Gasteiger partial charge is 0.268 e. The Morgan fingerprint density at radius 3 is 2.36 bits per heavy atom. The Morgan fingerprint density at radius 2 is 1.86 bits per heavy atom. The molecular formula is C11H17NO2. The molecule has 0 radical (unpaired) electrons. The van der Waals surface area contributed by atoms with Crippen LogP contribution in [0.1, 0.15) is 40.5 Å². The minimum absolute atomic E-state index is 0.0277. The van der Waals surface area contributed by atoms with Crippen LogP contribution in [0.3, 0.4) is 0 Å². The van der Waals surface area contributed by atoms with Gasteiger partial charge in [0.2, 0.25) is 0 Å². The second-order valence-corrected chi connectivity index (χ2v) is 5.25. The fraction of sp³-hybridized carbons (Fsp3) is 0.727. The molecule has 1 aliphatic heterocycles. The van der Waals surface area contributed by atoms with Crippen LogP contribution in [0.15, 0.2) is 11.5 Å². The predicted octanol–water partition coefficient (Wildman–Crippen LogP) is 1.94. The Bertz CT molecular complexity index is 320. The summed E-state index contributed by atoms with van der Waals surface area (Å²) in [6, 6.07) is 0. The molecule has 2 rings (SSSR count). The quantitative estimate of drug-likeness (QED) is 0.641. The lowest BCUT2D eigenvalue weighted by atomic mass is 9.60. The van der Waals surface area contributed by atoms with Crippen molar-refractivity contribution in [2.75, 3.05) is 0 Å². The monoisotopic (exact) mass is 195 g/mol. The molecule has 3 heteroatoms. The van der Waals surface area contributed by atoms with Crippen LogP contribution in [0, 0.1) is 5.41 Å². The van der Waals surface area contributed by atoms with Crippen LogP contribution in [0.4, 0.5) is 0 Å². The topological polar surface area (TPSA) is 38.3 Å². The van der Waals surface area contributed by atoms with Crippen LogP contribution in [-0.4, -0.2) is 11.5 Å². The average molecular weight is 195 g/mol. The minimum atomic E-state index is -0.562. The summed E-state index contributed by atoms with van der Waals surface area (Å²) in [7, 11) is 0. The van der Waals surface area contributed by atoms with E-state index in [2.05, 4.69) is 19.2 Å². The lowest BCUT2D eigenvalue weighted by Crippen LogP contribution is -2.61. The van der Waals surface area contributed by atoms with Gasteiger partial charge < -0.3 is 10.1 Å². The number of hydrogen-bond acceptors (Lipinski definition) is 2. The second-order valence-electron chi connectivity index (χ2n) is 5.25. The summed E-state index contributed by atoms with van der Waals surface area (Å²) in [6.07, 6.45) is 1.63. The van der Waals surface area contributed by atoms with Crippen molar-refractivity contribution < 1.29 is 9.53 Å². The van der Waals surface area contributed by atoms with Crippen molar-refractivity contribution in [1.29, 1.82) is 0 Å². The first-order valence-corrected chi connectivity index (χ1v) is 5.03. The van der Waals surface area contributed by atoms with Gasteiger partial charge in [-0.25, -0.2) is 0 Å². The summed E-state index contributed by atoms with van der Waals surface area (Å²) in [5.74, 6) is 0.875. The van der Waals surface area contributed by atoms with E-state index in [1.54, 1.807) is 0 Å². The highest BCUT2D eigenvalue weighted by Gasteiger charge is 2.58. The van der Waals surface area contributed by atoms with Crippen LogP contribution in [0.5, 0.6) is 0 Å². The Morgan fingerprint density at radius 1 is 1.29 bits per heavy atom. The Labute approximate surface area is 84.5 Å². The first-order valence-electron chi connectivity index (χ1n) is 5.03. The Hall–Kier alpha value is -0.990. The standard InChI is InChI=1S/C11H17NO2/c1-7-8(2)14-11(9(13)12-7)5-10(3,4)6-11/h5-6H2,1-4H3,(H,12,13). The van der Waals surface area contributed by atoms with Gasteiger partial charge in [0.1, 0.15) is 5.76 Å². The van der Waals surface area contributed by atoms with E-state index >= 15 is 0 Å². The molecule has 1 heterocycles. The highest BCUT2D eigenvalue weighted by Crippen LogP contribution is 2.52. The molecule has 0 bridgehead atoms. The van der Waals surface area contributed by atoms with Gasteiger partial charge in [0.25, 0.3) is 5.91 Å². The van der Waals surface area contributed by atoms with Crippen molar-refractivity contribution in [2.24, 2.45) is 5.41 Å². The summed E-state index contributed by atoms with van der Waals surface area (Å²) in [6.45, 7) is 8.09. The van der Waals surface area contributed by atoms with Crippen molar-refractivity contribution in [2.45, 2.75) is 46.1 Å². The highest BCUT2D eigenvalue weighted by atomic mass is 16.5. The zero-order chi connectivity index (χ0) is 10.6. The van der Waals surface area contributed by atoms with Crippen molar-refractivity contribution in [1.82, 2.24) is 5.32 Å². The van der Waals surface area contributed by atoms with E-state index in [1.165, 1.54) is 0 Å². The van der Waals surface area contributed by atoms with Gasteiger partial charge in [-0.2, -0.15) is 0 Å². The lowest BCUT2D eigenvalue weighted by molar-refractivity contribution is -0.173. The second kappa shape index (κ2) is 2.53. The molecule has 14 heavy (non-hydrogen) atoms. The number of rotatable bonds is 0. The summed E-state index contributed by atoms with van der Waals surface area (Å²) in [5.41, 5.74) is 0.515. The van der Waals surface area contributed by atoms with Gasteiger partial charge in [-0.05, 0) is 19.3 Å². The first kappa shape index (κ1) is 9.56. The van der Waals surface area contributed by atoms with Gasteiger partial charge in [-0.15, -0.1) is 0 Å². The van der Waals surface area contributed by atoms with Gasteiger partial charge >= 0.3 is 0 Å². The molecular weight excluding hydrogens is 178 g/mol. The third-order valence-corrected chi connectivity index (χ3v) is 3.12. The number of hydrogen-bond donors (Lipinski definition) is 1. The minimum Gasteiger partial charge on any atom is -0.480 e. The number of carbonyl (C=O) groups is 1. The maximum absolute atomic E-state index is 11.8. The summed E-state index contributed by atoms with van der Waals surface area (Å²) >= 11 is 0. The van der Waals surface area contributed by atoms with E-state index in [4.69, 9.17) is 4.74 Å². The maximum atomic E-state index is 11.8. The zero-order valence-corrected chi connectivity index (χ0v) is 9.23. The summed E-state index contributed by atoms with van der Waals surface area (Å²) in [4.78, 5) is 11.8. The van der Waals surface area contributed by atoms with Gasteiger partial charge in [0.05, 0.1) is 5.70 Å². The molecule has 1 amide bonds. The Kier molecular flexibility index (Phi) is 1.72. The number of ether oxygens (including phenoxy) is 1. The molecule has 0 atom stereocenters. The van der Waals surface area contributed by atoms with E-state index in [9.17, 15) is 4.79 Å². The summed E-state index contributed by atoms with van der Waals surface area (Å²) in [5, 5.41) is 2.88. The van der Waals surface area contributed by atoms with E-state index in [1.807, 2.05) is 13.8 Å². The zero-order valence-electron chi connectivity index (χ0n) is 9.23. The third kappa shape index (κ3) is 1.22. The fourth-order valence-electron chi connectivity index (χ4n) is 2.52. The molecule has 1 saturated carbocycles. The molecule has 0 aromatic carbocycles. The van der Waals surface area contributed by atoms with Gasteiger partial charge in [-0.3, -0.25) is 4.79 Å². The molecule has 78 valence electrons. The molecule has 1 fully saturated rings. The third-order valence-electron chi connectivity index (χ3n) is 3.12. The number of amides is 1. The molecule has 1 spiro atoms. The van der Waals surface area contributed by atoms with Crippen molar-refractivity contribution in [3.05, 3.63) is 11.5 Å². The van der Waals surface area contributed by atoms with E-state index in [-0.39, 0.29) is 11.3 Å². The van der Waals surface area contributed by atoms with E-state index in [0.29, 0.717) is 0 Å². The van der Waals surface area contributed by atoms with Crippen LogP contribution in [0.25, 0.3) is 0 Å². The van der Waals surface area contributed by atoms with E-state index in [0.717, 1.165) is 24.3 Å². The number of nitrogens with one attached hydrogen (secondary N) is 1. The van der Waals surface area contributed by atoms with Crippen molar-refractivity contribution >= 4 is 5.91 Å². The first-order chi connectivity index (χ1) is 6.35. The highest BCUT2D eigenvalue weighted by molar-refractivity contribution is 5.89. The van der Waals surface area contributed by atoms with Crippen molar-refractivity contribution in [3.63, 3.8) is 0 Å². The molecule has 3 nitrogen and oxygen atoms in total. The van der Waals surface area contributed by atoms with Crippen LogP contribution < -0.4 is 5.32 Å². The Balaban J connectivity index is 2.21. The molecule has 0 aromatic heterocycles. The van der Waals surface area contributed by atoms with Crippen LogP contribution in [-0.2, 0) is 9.53 Å². The molecule has 2 aliphatic rings. The van der Waals surface area contributed by atoms with Crippen LogP contribution >= 0.6 is 0 Å². The normalized spacial score (nSPS) is 28.1. The largest absolute Gasteiger partial charge is 0.480 e. The lowest BCUT2D eigenvalue weighted by Gasteiger charge is -2.52. The fourth-order valence-corrected chi connectivity index (χ4v) is 2.52. The van der Waals surface area contributed by atoms with Gasteiger partial charge in [0, 0.05) is 12.8 Å². The molecule has 1 N–H and O–H groups in total. The maximum Gasteiger partial charge on any atom is 0.268 e. The number of allylic oxidation sites excluding steroid dienone is 2. The van der Waals surface area contributed by atoms with Crippen LogP contribution in [0.2, 0.25) is 0 Å². The molecule has 0 unspecified atom stereocenters. The average Bonchev–Trinajstić information content (AvgIpc) is 1.97. The van der Waals surface area contributed by atoms with Crippen molar-refractivity contribution in [3.8, 4) is 0 Å². The number of carbonyl (C=O) groups excluding carboxylic acids is 1. The van der Waals surface area contributed by atoms with E-state index < -0.39 is 5.60 Å². The molecule has 1 aliphatic carbocycles. The van der Waals surface area contributed by atoms with Gasteiger partial charge in [0.15, 0.2) is 5.60 Å².